The van der Waals surface area contributed by atoms with E-state index >= 15 is 0 Å². The fourth-order valence-electron chi connectivity index (χ4n) is 1.58. The maximum absolute atomic E-state index is 11.7. The highest BCUT2D eigenvalue weighted by molar-refractivity contribution is 5.89. The van der Waals surface area contributed by atoms with Gasteiger partial charge in [0.05, 0.1) is 0 Å². The van der Waals surface area contributed by atoms with E-state index in [1.54, 1.807) is 0 Å². The zero-order chi connectivity index (χ0) is 13.6. The molecule has 0 saturated heterocycles. The lowest BCUT2D eigenvalue weighted by molar-refractivity contribution is -0.116. The van der Waals surface area contributed by atoms with Crippen molar-refractivity contribution in [2.24, 2.45) is 0 Å². The van der Waals surface area contributed by atoms with Crippen molar-refractivity contribution < 1.29 is 4.79 Å². The first kappa shape index (κ1) is 14.7. The molecule has 0 aliphatic carbocycles. The lowest BCUT2D eigenvalue weighted by Gasteiger charge is -2.19. The van der Waals surface area contributed by atoms with Gasteiger partial charge < -0.3 is 10.6 Å². The largest absolute Gasteiger partial charge is 0.312 e. The van der Waals surface area contributed by atoms with Gasteiger partial charge in [-0.15, -0.1) is 0 Å². The third-order valence-electron chi connectivity index (χ3n) is 2.43. The predicted molar refractivity (Wildman–Crippen MR) is 73.6 cm³/mol. The first-order valence-electron chi connectivity index (χ1n) is 6.50. The van der Waals surface area contributed by atoms with E-state index in [4.69, 9.17) is 0 Å². The first-order chi connectivity index (χ1) is 8.40. The molecule has 3 N–H and O–H groups in total. The molecule has 0 aliphatic heterocycles. The number of aromatic amines is 1. The second-order valence-corrected chi connectivity index (χ2v) is 5.50. The van der Waals surface area contributed by atoms with Gasteiger partial charge in [0.15, 0.2) is 5.82 Å². The van der Waals surface area contributed by atoms with Crippen LogP contribution in [0.3, 0.4) is 0 Å². The van der Waals surface area contributed by atoms with Crippen LogP contribution in [0.1, 0.15) is 46.2 Å². The van der Waals surface area contributed by atoms with E-state index in [0.717, 1.165) is 18.5 Å². The molecule has 1 aromatic heterocycles. The van der Waals surface area contributed by atoms with Crippen LogP contribution in [0.5, 0.6) is 0 Å². The van der Waals surface area contributed by atoms with Crippen molar-refractivity contribution in [3.05, 3.63) is 11.8 Å². The molecule has 1 aromatic rings. The molecule has 0 unspecified atom stereocenters. The Bertz CT molecular complexity index is 379. The lowest BCUT2D eigenvalue weighted by Crippen LogP contribution is -2.37. The summed E-state index contributed by atoms with van der Waals surface area (Å²) in [7, 11) is 0. The van der Waals surface area contributed by atoms with Crippen molar-refractivity contribution in [2.45, 2.75) is 52.5 Å². The van der Waals surface area contributed by atoms with Gasteiger partial charge in [0.1, 0.15) is 0 Å². The second kappa shape index (κ2) is 6.54. The summed E-state index contributed by atoms with van der Waals surface area (Å²) in [6.45, 7) is 9.01. The summed E-state index contributed by atoms with van der Waals surface area (Å²) in [5.74, 6) is 0.598. The molecule has 1 amide bonds. The molecule has 5 heteroatoms. The van der Waals surface area contributed by atoms with Crippen LogP contribution in [0.4, 0.5) is 5.82 Å². The molecule has 0 saturated carbocycles. The Labute approximate surface area is 109 Å². The molecule has 0 aliphatic rings. The second-order valence-electron chi connectivity index (χ2n) is 5.50. The van der Waals surface area contributed by atoms with Crippen molar-refractivity contribution in [1.82, 2.24) is 15.5 Å². The summed E-state index contributed by atoms with van der Waals surface area (Å²) in [5, 5.41) is 13.0. The third-order valence-corrected chi connectivity index (χ3v) is 2.43. The minimum Gasteiger partial charge on any atom is -0.312 e. The van der Waals surface area contributed by atoms with Crippen LogP contribution in [0, 0.1) is 0 Å². The van der Waals surface area contributed by atoms with E-state index in [0.29, 0.717) is 18.8 Å². The number of rotatable bonds is 6. The number of H-pyrrole nitrogens is 1. The number of carbonyl (C=O) groups excluding carboxylic acids is 1. The molecule has 0 spiro atoms. The van der Waals surface area contributed by atoms with E-state index in [1.165, 1.54) is 0 Å². The lowest BCUT2D eigenvalue weighted by atomic mass is 10.1. The molecule has 102 valence electrons. The summed E-state index contributed by atoms with van der Waals surface area (Å²) in [6.07, 6.45) is 2.47. The van der Waals surface area contributed by atoms with E-state index in [-0.39, 0.29) is 11.4 Å². The van der Waals surface area contributed by atoms with Crippen LogP contribution in [0.2, 0.25) is 0 Å². The molecule has 18 heavy (non-hydrogen) atoms. The zero-order valence-corrected chi connectivity index (χ0v) is 11.8. The number of carbonyl (C=O) groups is 1. The van der Waals surface area contributed by atoms with Gasteiger partial charge in [0.25, 0.3) is 0 Å². The number of aryl methyl sites for hydroxylation is 1. The molecular weight excluding hydrogens is 228 g/mol. The van der Waals surface area contributed by atoms with E-state index in [9.17, 15) is 4.79 Å². The monoisotopic (exact) mass is 252 g/mol. The Hall–Kier alpha value is -1.36. The summed E-state index contributed by atoms with van der Waals surface area (Å²) < 4.78 is 0. The van der Waals surface area contributed by atoms with E-state index in [1.807, 2.05) is 6.07 Å². The zero-order valence-electron chi connectivity index (χ0n) is 11.8. The molecular formula is C13H24N4O. The number of anilines is 1. The van der Waals surface area contributed by atoms with Gasteiger partial charge in [-0.2, -0.15) is 5.10 Å². The summed E-state index contributed by atoms with van der Waals surface area (Å²) in [4.78, 5) is 11.7. The minimum absolute atomic E-state index is 0.0127. The number of amides is 1. The van der Waals surface area contributed by atoms with Gasteiger partial charge in [0, 0.05) is 30.3 Å². The molecule has 1 rings (SSSR count). The summed E-state index contributed by atoms with van der Waals surface area (Å²) >= 11 is 0. The van der Waals surface area contributed by atoms with Crippen LogP contribution in [0.25, 0.3) is 0 Å². The van der Waals surface area contributed by atoms with Crippen molar-refractivity contribution in [1.29, 1.82) is 0 Å². The van der Waals surface area contributed by atoms with Crippen molar-refractivity contribution in [2.75, 3.05) is 11.9 Å². The SMILES string of the molecule is CCCc1cc(NC(=O)CCNC(C)(C)C)n[nH]1. The highest BCUT2D eigenvalue weighted by Crippen LogP contribution is 2.07. The van der Waals surface area contributed by atoms with Gasteiger partial charge in [-0.25, -0.2) is 0 Å². The number of nitrogens with zero attached hydrogens (tertiary/aromatic N) is 1. The summed E-state index contributed by atoms with van der Waals surface area (Å²) in [5.41, 5.74) is 1.10. The molecule has 0 atom stereocenters. The van der Waals surface area contributed by atoms with Gasteiger partial charge in [-0.1, -0.05) is 13.3 Å². The van der Waals surface area contributed by atoms with Gasteiger partial charge in [-0.05, 0) is 27.2 Å². The van der Waals surface area contributed by atoms with Gasteiger partial charge in [0.2, 0.25) is 5.91 Å². The number of hydrogen-bond acceptors (Lipinski definition) is 3. The Balaban J connectivity index is 2.31. The van der Waals surface area contributed by atoms with E-state index in [2.05, 4.69) is 48.5 Å². The van der Waals surface area contributed by atoms with Crippen LogP contribution in [-0.2, 0) is 11.2 Å². The summed E-state index contributed by atoms with van der Waals surface area (Å²) in [6, 6.07) is 1.89. The van der Waals surface area contributed by atoms with Crippen LogP contribution < -0.4 is 10.6 Å². The molecule has 0 radical (unpaired) electrons. The molecule has 5 nitrogen and oxygen atoms in total. The number of hydrogen-bond donors (Lipinski definition) is 3. The van der Waals surface area contributed by atoms with E-state index < -0.39 is 0 Å². The van der Waals surface area contributed by atoms with Gasteiger partial charge in [-0.3, -0.25) is 9.89 Å². The molecule has 1 heterocycles. The smallest absolute Gasteiger partial charge is 0.226 e. The Morgan fingerprint density at radius 3 is 2.78 bits per heavy atom. The minimum atomic E-state index is -0.0127. The standard InChI is InChI=1S/C13H24N4O/c1-5-6-10-9-11(17-16-10)15-12(18)7-8-14-13(2,3)4/h9,14H,5-8H2,1-4H3,(H2,15,16,17,18). The average molecular weight is 252 g/mol. The van der Waals surface area contributed by atoms with Crippen LogP contribution in [-0.4, -0.2) is 28.2 Å². The van der Waals surface area contributed by atoms with Crippen molar-refractivity contribution >= 4 is 11.7 Å². The Kier molecular flexibility index (Phi) is 5.34. The first-order valence-corrected chi connectivity index (χ1v) is 6.50. The van der Waals surface area contributed by atoms with Gasteiger partial charge >= 0.3 is 0 Å². The maximum atomic E-state index is 11.7. The topological polar surface area (TPSA) is 69.8 Å². The number of nitrogens with one attached hydrogen (secondary N) is 3. The fourth-order valence-corrected chi connectivity index (χ4v) is 1.58. The maximum Gasteiger partial charge on any atom is 0.226 e. The third kappa shape index (κ3) is 5.82. The Morgan fingerprint density at radius 1 is 1.44 bits per heavy atom. The number of aromatic nitrogens is 2. The molecule has 0 fully saturated rings. The normalized spacial score (nSPS) is 11.6. The van der Waals surface area contributed by atoms with Crippen LogP contribution >= 0.6 is 0 Å². The predicted octanol–water partition coefficient (Wildman–Crippen LogP) is 2.08. The highest BCUT2D eigenvalue weighted by Gasteiger charge is 2.10. The average Bonchev–Trinajstić information content (AvgIpc) is 2.64. The fraction of sp³-hybridized carbons (Fsp3) is 0.692. The van der Waals surface area contributed by atoms with Crippen LogP contribution in [0.15, 0.2) is 6.07 Å². The molecule has 0 aromatic carbocycles. The molecule has 0 bridgehead atoms. The highest BCUT2D eigenvalue weighted by atomic mass is 16.1. The Morgan fingerprint density at radius 2 is 2.17 bits per heavy atom. The van der Waals surface area contributed by atoms with Crippen molar-refractivity contribution in [3.63, 3.8) is 0 Å². The van der Waals surface area contributed by atoms with Crippen molar-refractivity contribution in [3.8, 4) is 0 Å². The quantitative estimate of drug-likeness (QED) is 0.726.